The van der Waals surface area contributed by atoms with Crippen molar-refractivity contribution in [2.45, 2.75) is 19.3 Å². The third-order valence-electron chi connectivity index (χ3n) is 3.33. The van der Waals surface area contributed by atoms with E-state index in [1.807, 2.05) is 29.7 Å². The maximum Gasteiger partial charge on any atom is 0.189 e. The van der Waals surface area contributed by atoms with Gasteiger partial charge in [-0.25, -0.2) is 0 Å². The largest absolute Gasteiger partial charge is 0.289 e. The monoisotopic (exact) mass is 254 g/mol. The number of ketones is 1. The Kier molecular flexibility index (Phi) is 3.11. The molecule has 0 bridgehead atoms. The van der Waals surface area contributed by atoms with E-state index in [1.54, 1.807) is 11.3 Å². The van der Waals surface area contributed by atoms with E-state index < -0.39 is 0 Å². The Balaban J connectivity index is 2.02. The molecule has 0 unspecified atom stereocenters. The summed E-state index contributed by atoms with van der Waals surface area (Å²) in [6.45, 7) is 0. The zero-order valence-corrected chi connectivity index (χ0v) is 10.9. The Morgan fingerprint density at radius 3 is 2.83 bits per heavy atom. The van der Waals surface area contributed by atoms with Crippen LogP contribution in [0.3, 0.4) is 0 Å². The Bertz CT molecular complexity index is 593. The molecule has 18 heavy (non-hydrogen) atoms. The molecule has 1 aliphatic carbocycles. The first kappa shape index (κ1) is 11.4. The molecule has 0 saturated heterocycles. The Morgan fingerprint density at radius 1 is 1.11 bits per heavy atom. The Morgan fingerprint density at radius 2 is 2.00 bits per heavy atom. The fourth-order valence-electron chi connectivity index (χ4n) is 2.41. The number of Topliss-reactive ketones (excluding diaryl/α,β-unsaturated/α-hetero) is 1. The van der Waals surface area contributed by atoms with Crippen molar-refractivity contribution in [1.29, 1.82) is 0 Å². The number of allylic oxidation sites excluding steroid dienone is 1. The summed E-state index contributed by atoms with van der Waals surface area (Å²) >= 11 is 1.66. The topological polar surface area (TPSA) is 17.1 Å². The number of carbonyl (C=O) groups is 1. The first-order valence-corrected chi connectivity index (χ1v) is 7.14. The highest BCUT2D eigenvalue weighted by molar-refractivity contribution is 7.08. The SMILES string of the molecule is O=C1/C(=C/c2ccsc2)CCCc2ccccc21. The fourth-order valence-corrected chi connectivity index (χ4v) is 3.03. The number of benzene rings is 1. The summed E-state index contributed by atoms with van der Waals surface area (Å²) < 4.78 is 0. The van der Waals surface area contributed by atoms with Gasteiger partial charge >= 0.3 is 0 Å². The molecule has 0 N–H and O–H groups in total. The van der Waals surface area contributed by atoms with Crippen molar-refractivity contribution in [3.63, 3.8) is 0 Å². The number of thiophene rings is 1. The minimum atomic E-state index is 0.203. The van der Waals surface area contributed by atoms with Gasteiger partial charge < -0.3 is 0 Å². The number of carbonyl (C=O) groups excluding carboxylic acids is 1. The molecule has 1 aromatic heterocycles. The summed E-state index contributed by atoms with van der Waals surface area (Å²) in [5.41, 5.74) is 4.16. The molecule has 3 rings (SSSR count). The highest BCUT2D eigenvalue weighted by atomic mass is 32.1. The first-order valence-electron chi connectivity index (χ1n) is 6.20. The van der Waals surface area contributed by atoms with E-state index in [2.05, 4.69) is 17.5 Å². The van der Waals surface area contributed by atoms with Crippen LogP contribution < -0.4 is 0 Å². The van der Waals surface area contributed by atoms with Gasteiger partial charge in [-0.2, -0.15) is 11.3 Å². The number of aryl methyl sites for hydroxylation is 1. The summed E-state index contributed by atoms with van der Waals surface area (Å²) in [5, 5.41) is 4.12. The molecule has 1 nitrogen and oxygen atoms in total. The molecule has 0 spiro atoms. The van der Waals surface area contributed by atoms with Crippen LogP contribution in [0.2, 0.25) is 0 Å². The second-order valence-corrected chi connectivity index (χ2v) is 5.35. The minimum Gasteiger partial charge on any atom is -0.289 e. The van der Waals surface area contributed by atoms with Gasteiger partial charge in [0, 0.05) is 11.1 Å². The van der Waals surface area contributed by atoms with Crippen molar-refractivity contribution in [2.75, 3.05) is 0 Å². The second kappa shape index (κ2) is 4.91. The third kappa shape index (κ3) is 2.16. The molecule has 1 aromatic carbocycles. The van der Waals surface area contributed by atoms with Gasteiger partial charge in [-0.3, -0.25) is 4.79 Å². The van der Waals surface area contributed by atoms with Crippen LogP contribution in [0.1, 0.15) is 34.3 Å². The lowest BCUT2D eigenvalue weighted by Gasteiger charge is -2.04. The van der Waals surface area contributed by atoms with Crippen LogP contribution in [0.5, 0.6) is 0 Å². The smallest absolute Gasteiger partial charge is 0.189 e. The van der Waals surface area contributed by atoms with E-state index >= 15 is 0 Å². The molecular formula is C16H14OS. The predicted octanol–water partition coefficient (Wildman–Crippen LogP) is 4.35. The summed E-state index contributed by atoms with van der Waals surface area (Å²) in [6, 6.07) is 10.0. The van der Waals surface area contributed by atoms with E-state index in [4.69, 9.17) is 0 Å². The summed E-state index contributed by atoms with van der Waals surface area (Å²) in [7, 11) is 0. The number of fused-ring (bicyclic) bond motifs is 1. The number of hydrogen-bond donors (Lipinski definition) is 0. The van der Waals surface area contributed by atoms with Crippen LogP contribution in [0.25, 0.3) is 6.08 Å². The Hall–Kier alpha value is -1.67. The van der Waals surface area contributed by atoms with Gasteiger partial charge in [0.25, 0.3) is 0 Å². The predicted molar refractivity (Wildman–Crippen MR) is 76.0 cm³/mol. The van der Waals surface area contributed by atoms with E-state index in [-0.39, 0.29) is 5.78 Å². The van der Waals surface area contributed by atoms with Gasteiger partial charge in [0.05, 0.1) is 0 Å². The van der Waals surface area contributed by atoms with Crippen molar-refractivity contribution in [3.8, 4) is 0 Å². The maximum atomic E-state index is 12.5. The highest BCUT2D eigenvalue weighted by Gasteiger charge is 2.19. The normalized spacial score (nSPS) is 17.6. The van der Waals surface area contributed by atoms with Gasteiger partial charge in [-0.05, 0) is 53.3 Å². The van der Waals surface area contributed by atoms with Crippen LogP contribution >= 0.6 is 11.3 Å². The minimum absolute atomic E-state index is 0.203. The van der Waals surface area contributed by atoms with E-state index in [0.29, 0.717) is 0 Å². The van der Waals surface area contributed by atoms with Crippen LogP contribution in [-0.4, -0.2) is 5.78 Å². The molecule has 0 radical (unpaired) electrons. The molecule has 2 heteroatoms. The lowest BCUT2D eigenvalue weighted by molar-refractivity contribution is 0.103. The van der Waals surface area contributed by atoms with Gasteiger partial charge in [0.2, 0.25) is 0 Å². The molecule has 1 heterocycles. The van der Waals surface area contributed by atoms with E-state index in [1.165, 1.54) is 5.56 Å². The van der Waals surface area contributed by atoms with Crippen molar-refractivity contribution in [2.24, 2.45) is 0 Å². The molecule has 0 saturated carbocycles. The van der Waals surface area contributed by atoms with Crippen LogP contribution in [0.4, 0.5) is 0 Å². The molecule has 0 atom stereocenters. The number of hydrogen-bond acceptors (Lipinski definition) is 2. The molecule has 90 valence electrons. The Labute approximate surface area is 111 Å². The zero-order valence-electron chi connectivity index (χ0n) is 10.1. The van der Waals surface area contributed by atoms with Crippen LogP contribution in [-0.2, 0) is 6.42 Å². The standard InChI is InChI=1S/C16H14OS/c17-16-14(10-12-8-9-18-11-12)6-3-5-13-4-1-2-7-15(13)16/h1-2,4,7-11H,3,5-6H2/b14-10+. The van der Waals surface area contributed by atoms with E-state index in [0.717, 1.165) is 36.0 Å². The average Bonchev–Trinajstić information content (AvgIpc) is 2.85. The summed E-state index contributed by atoms with van der Waals surface area (Å²) in [5.74, 6) is 0.203. The van der Waals surface area contributed by atoms with Gasteiger partial charge in [-0.1, -0.05) is 24.3 Å². The van der Waals surface area contributed by atoms with Crippen molar-refractivity contribution >= 4 is 23.2 Å². The summed E-state index contributed by atoms with van der Waals surface area (Å²) in [4.78, 5) is 12.5. The van der Waals surface area contributed by atoms with Gasteiger partial charge in [0.15, 0.2) is 5.78 Å². The third-order valence-corrected chi connectivity index (χ3v) is 4.03. The van der Waals surface area contributed by atoms with Gasteiger partial charge in [-0.15, -0.1) is 0 Å². The lowest BCUT2D eigenvalue weighted by Crippen LogP contribution is -2.03. The first-order chi connectivity index (χ1) is 8.84. The number of rotatable bonds is 1. The van der Waals surface area contributed by atoms with Crippen molar-refractivity contribution in [1.82, 2.24) is 0 Å². The fraction of sp³-hybridized carbons (Fsp3) is 0.188. The quantitative estimate of drug-likeness (QED) is 0.546. The second-order valence-electron chi connectivity index (χ2n) is 4.57. The van der Waals surface area contributed by atoms with E-state index in [9.17, 15) is 4.79 Å². The zero-order chi connectivity index (χ0) is 12.4. The highest BCUT2D eigenvalue weighted by Crippen LogP contribution is 2.26. The van der Waals surface area contributed by atoms with Gasteiger partial charge in [0.1, 0.15) is 0 Å². The van der Waals surface area contributed by atoms with Crippen molar-refractivity contribution in [3.05, 3.63) is 63.4 Å². The molecule has 0 amide bonds. The molecule has 0 fully saturated rings. The molecular weight excluding hydrogens is 240 g/mol. The van der Waals surface area contributed by atoms with Crippen LogP contribution in [0.15, 0.2) is 46.7 Å². The molecule has 1 aliphatic rings. The summed E-state index contributed by atoms with van der Waals surface area (Å²) in [6.07, 6.45) is 4.98. The van der Waals surface area contributed by atoms with Crippen molar-refractivity contribution < 1.29 is 4.79 Å². The molecule has 2 aromatic rings. The lowest BCUT2D eigenvalue weighted by atomic mass is 9.99. The molecule has 0 aliphatic heterocycles. The average molecular weight is 254 g/mol. The maximum absolute atomic E-state index is 12.5. The van der Waals surface area contributed by atoms with Crippen LogP contribution in [0, 0.1) is 0 Å².